The van der Waals surface area contributed by atoms with E-state index in [4.69, 9.17) is 4.99 Å². The predicted molar refractivity (Wildman–Crippen MR) is 118 cm³/mol. The third kappa shape index (κ3) is 6.29. The quantitative estimate of drug-likeness (QED) is 0.387. The van der Waals surface area contributed by atoms with Gasteiger partial charge >= 0.3 is 0 Å². The van der Waals surface area contributed by atoms with E-state index in [1.165, 1.54) is 11.1 Å². The number of halogens is 1. The third-order valence-electron chi connectivity index (χ3n) is 4.83. The van der Waals surface area contributed by atoms with E-state index < -0.39 is 5.60 Å². The van der Waals surface area contributed by atoms with E-state index in [0.717, 1.165) is 44.9 Å². The van der Waals surface area contributed by atoms with Crippen LogP contribution in [0.4, 0.5) is 0 Å². The molecule has 5 heteroatoms. The molecular formula is C20H32IN3O. The maximum Gasteiger partial charge on any atom is 0.194 e. The van der Waals surface area contributed by atoms with Crippen molar-refractivity contribution >= 4 is 35.5 Å². The van der Waals surface area contributed by atoms with Crippen LogP contribution in [0.25, 0.3) is 5.57 Å². The number of nitrogens with zero attached hydrogens (tertiary/aromatic N) is 2. The van der Waals surface area contributed by atoms with Gasteiger partial charge in [-0.1, -0.05) is 50.3 Å². The van der Waals surface area contributed by atoms with Gasteiger partial charge in [0.1, 0.15) is 0 Å². The maximum atomic E-state index is 10.5. The first-order chi connectivity index (χ1) is 11.6. The maximum absolute atomic E-state index is 10.5. The Morgan fingerprint density at radius 1 is 1.20 bits per heavy atom. The molecule has 2 N–H and O–H groups in total. The van der Waals surface area contributed by atoms with Crippen LogP contribution in [0.2, 0.25) is 0 Å². The molecule has 1 heterocycles. The van der Waals surface area contributed by atoms with Crippen LogP contribution in [0.15, 0.2) is 41.4 Å². The van der Waals surface area contributed by atoms with Gasteiger partial charge in [0.15, 0.2) is 5.96 Å². The molecule has 0 saturated carbocycles. The average Bonchev–Trinajstić information content (AvgIpc) is 2.66. The van der Waals surface area contributed by atoms with Gasteiger partial charge in [0.25, 0.3) is 0 Å². The highest BCUT2D eigenvalue weighted by atomic mass is 127. The lowest BCUT2D eigenvalue weighted by atomic mass is 9.98. The Morgan fingerprint density at radius 3 is 2.40 bits per heavy atom. The number of benzene rings is 1. The van der Waals surface area contributed by atoms with Crippen molar-refractivity contribution in [3.8, 4) is 0 Å². The first-order valence-electron chi connectivity index (χ1n) is 9.12. The molecule has 1 aromatic carbocycles. The van der Waals surface area contributed by atoms with E-state index in [2.05, 4.69) is 53.5 Å². The van der Waals surface area contributed by atoms with Crippen LogP contribution in [0.5, 0.6) is 0 Å². The van der Waals surface area contributed by atoms with Crippen molar-refractivity contribution in [3.63, 3.8) is 0 Å². The molecule has 0 fully saturated rings. The molecule has 0 atom stereocenters. The fourth-order valence-electron chi connectivity index (χ4n) is 2.90. The monoisotopic (exact) mass is 457 g/mol. The minimum Gasteiger partial charge on any atom is -0.388 e. The summed E-state index contributed by atoms with van der Waals surface area (Å²) in [6.07, 6.45) is 4.76. The Bertz CT molecular complexity index is 568. The first kappa shape index (κ1) is 22.0. The lowest BCUT2D eigenvalue weighted by molar-refractivity contribution is 0.0416. The molecule has 1 aliphatic rings. The SMILES string of the molecule is CCNC(=NCC(O)(CC)CC)N1CC=C(c2ccccc2)CC1.I. The molecular weight excluding hydrogens is 425 g/mol. The van der Waals surface area contributed by atoms with Crippen molar-refractivity contribution in [1.29, 1.82) is 0 Å². The van der Waals surface area contributed by atoms with E-state index >= 15 is 0 Å². The average molecular weight is 457 g/mol. The number of hydrogen-bond donors (Lipinski definition) is 2. The Labute approximate surface area is 169 Å². The van der Waals surface area contributed by atoms with Gasteiger partial charge in [-0.05, 0) is 37.3 Å². The number of aliphatic hydroxyl groups is 1. The highest BCUT2D eigenvalue weighted by molar-refractivity contribution is 14.0. The van der Waals surface area contributed by atoms with Crippen LogP contribution in [0.3, 0.4) is 0 Å². The summed E-state index contributed by atoms with van der Waals surface area (Å²) < 4.78 is 0. The molecule has 0 amide bonds. The Morgan fingerprint density at radius 2 is 1.88 bits per heavy atom. The Kier molecular flexibility index (Phi) is 9.50. The molecule has 0 unspecified atom stereocenters. The predicted octanol–water partition coefficient (Wildman–Crippen LogP) is 3.91. The lowest BCUT2D eigenvalue weighted by Gasteiger charge is -2.31. The van der Waals surface area contributed by atoms with Crippen molar-refractivity contribution in [2.24, 2.45) is 4.99 Å². The van der Waals surface area contributed by atoms with Gasteiger partial charge in [-0.2, -0.15) is 0 Å². The molecule has 0 aliphatic carbocycles. The fourth-order valence-corrected chi connectivity index (χ4v) is 2.90. The van der Waals surface area contributed by atoms with Gasteiger partial charge < -0.3 is 15.3 Å². The zero-order valence-electron chi connectivity index (χ0n) is 15.7. The second kappa shape index (κ2) is 10.8. The summed E-state index contributed by atoms with van der Waals surface area (Å²) in [7, 11) is 0. The third-order valence-corrected chi connectivity index (χ3v) is 4.83. The van der Waals surface area contributed by atoms with E-state index in [9.17, 15) is 5.11 Å². The van der Waals surface area contributed by atoms with Crippen LogP contribution in [0, 0.1) is 0 Å². The van der Waals surface area contributed by atoms with Crippen LogP contribution < -0.4 is 5.32 Å². The highest BCUT2D eigenvalue weighted by Crippen LogP contribution is 2.22. The van der Waals surface area contributed by atoms with Gasteiger partial charge in [-0.25, -0.2) is 0 Å². The minimum atomic E-state index is -0.693. The first-order valence-corrected chi connectivity index (χ1v) is 9.12. The van der Waals surface area contributed by atoms with Crippen LogP contribution in [-0.2, 0) is 0 Å². The molecule has 0 saturated heterocycles. The molecule has 0 bridgehead atoms. The number of nitrogens with one attached hydrogen (secondary N) is 1. The Balaban J connectivity index is 0.00000312. The van der Waals surface area contributed by atoms with Gasteiger partial charge in [0, 0.05) is 19.6 Å². The summed E-state index contributed by atoms with van der Waals surface area (Å²) in [6.45, 7) is 9.20. The largest absolute Gasteiger partial charge is 0.388 e. The highest BCUT2D eigenvalue weighted by Gasteiger charge is 2.23. The van der Waals surface area contributed by atoms with Gasteiger partial charge in [0.05, 0.1) is 12.1 Å². The molecule has 0 aromatic heterocycles. The van der Waals surface area contributed by atoms with E-state index in [1.807, 2.05) is 13.8 Å². The van der Waals surface area contributed by atoms with Gasteiger partial charge in [-0.3, -0.25) is 4.99 Å². The Hall–Kier alpha value is -1.08. The van der Waals surface area contributed by atoms with Crippen molar-refractivity contribution in [1.82, 2.24) is 10.2 Å². The van der Waals surface area contributed by atoms with Crippen LogP contribution >= 0.6 is 24.0 Å². The van der Waals surface area contributed by atoms with E-state index in [1.54, 1.807) is 0 Å². The molecule has 0 radical (unpaired) electrons. The smallest absolute Gasteiger partial charge is 0.194 e. The topological polar surface area (TPSA) is 47.9 Å². The summed E-state index contributed by atoms with van der Waals surface area (Å²) in [6, 6.07) is 10.6. The van der Waals surface area contributed by atoms with E-state index in [-0.39, 0.29) is 24.0 Å². The number of aliphatic imine (C=N–C) groups is 1. The van der Waals surface area contributed by atoms with Crippen molar-refractivity contribution in [2.75, 3.05) is 26.2 Å². The molecule has 0 spiro atoms. The summed E-state index contributed by atoms with van der Waals surface area (Å²) in [5, 5.41) is 13.8. The molecule has 1 aliphatic heterocycles. The second-order valence-corrected chi connectivity index (χ2v) is 6.39. The normalized spacial score (nSPS) is 15.4. The molecule has 25 heavy (non-hydrogen) atoms. The molecule has 4 nitrogen and oxygen atoms in total. The minimum absolute atomic E-state index is 0. The number of guanidine groups is 1. The van der Waals surface area contributed by atoms with Crippen molar-refractivity contribution in [2.45, 2.75) is 45.6 Å². The molecule has 1 aromatic rings. The van der Waals surface area contributed by atoms with Crippen LogP contribution in [-0.4, -0.2) is 47.7 Å². The standard InChI is InChI=1S/C20H31N3O.HI/c1-4-20(24,5-2)16-22-19(21-6-3)23-14-12-18(13-15-23)17-10-8-7-9-11-17;/h7-12,24H,4-6,13-16H2,1-3H3,(H,21,22);1H. The number of hydrogen-bond acceptors (Lipinski definition) is 2. The summed E-state index contributed by atoms with van der Waals surface area (Å²) in [5.41, 5.74) is 2.02. The van der Waals surface area contributed by atoms with E-state index in [0.29, 0.717) is 6.54 Å². The van der Waals surface area contributed by atoms with Gasteiger partial charge in [-0.15, -0.1) is 24.0 Å². The lowest BCUT2D eigenvalue weighted by Crippen LogP contribution is -2.44. The number of rotatable bonds is 6. The molecule has 140 valence electrons. The zero-order chi connectivity index (χ0) is 17.4. The fraction of sp³-hybridized carbons (Fsp3) is 0.550. The van der Waals surface area contributed by atoms with Crippen molar-refractivity contribution in [3.05, 3.63) is 42.0 Å². The zero-order valence-corrected chi connectivity index (χ0v) is 18.0. The second-order valence-electron chi connectivity index (χ2n) is 6.39. The van der Waals surface area contributed by atoms with Gasteiger partial charge in [0.2, 0.25) is 0 Å². The van der Waals surface area contributed by atoms with Crippen molar-refractivity contribution < 1.29 is 5.11 Å². The molecule has 2 rings (SSSR count). The summed E-state index contributed by atoms with van der Waals surface area (Å²) >= 11 is 0. The summed E-state index contributed by atoms with van der Waals surface area (Å²) in [4.78, 5) is 6.97. The summed E-state index contributed by atoms with van der Waals surface area (Å²) in [5.74, 6) is 0.904. The van der Waals surface area contributed by atoms with Crippen LogP contribution in [0.1, 0.15) is 45.6 Å².